The van der Waals surface area contributed by atoms with Gasteiger partial charge in [-0.3, -0.25) is 19.2 Å². The maximum atomic E-state index is 13.0. The highest BCUT2D eigenvalue weighted by atomic mass is 16.5. The van der Waals surface area contributed by atoms with Crippen LogP contribution in [-0.4, -0.2) is 102 Å². The first-order valence-electron chi connectivity index (χ1n) is 14.5. The van der Waals surface area contributed by atoms with Gasteiger partial charge in [0, 0.05) is 62.1 Å². The molecule has 41 heavy (non-hydrogen) atoms. The highest BCUT2D eigenvalue weighted by Gasteiger charge is 2.31. The molecular weight excluding hydrogens is 524 g/mol. The van der Waals surface area contributed by atoms with Crippen molar-refractivity contribution in [2.75, 3.05) is 50.7 Å². The molecule has 1 aliphatic carbocycles. The second kappa shape index (κ2) is 13.2. The van der Waals surface area contributed by atoms with E-state index in [0.717, 1.165) is 62.9 Å². The Balaban J connectivity index is 0.00000108. The van der Waals surface area contributed by atoms with Gasteiger partial charge in [0.1, 0.15) is 18.4 Å². The van der Waals surface area contributed by atoms with Crippen LogP contribution in [-0.2, 0) is 9.59 Å². The molecule has 4 fully saturated rings. The van der Waals surface area contributed by atoms with Crippen LogP contribution in [0.25, 0.3) is 0 Å². The van der Waals surface area contributed by atoms with Crippen LogP contribution in [0.5, 0.6) is 5.75 Å². The summed E-state index contributed by atoms with van der Waals surface area (Å²) < 4.78 is 6.24. The molecular formula is C31H38N4O6. The Morgan fingerprint density at radius 1 is 0.756 bits per heavy atom. The summed E-state index contributed by atoms with van der Waals surface area (Å²) in [4.78, 5) is 54.4. The Morgan fingerprint density at radius 2 is 1.34 bits per heavy atom. The van der Waals surface area contributed by atoms with Crippen LogP contribution in [0, 0.1) is 0 Å². The summed E-state index contributed by atoms with van der Waals surface area (Å²) in [5, 5.41) is 6.89. The van der Waals surface area contributed by atoms with E-state index in [9.17, 15) is 14.4 Å². The van der Waals surface area contributed by atoms with Crippen LogP contribution < -0.4 is 9.64 Å². The second-order valence-corrected chi connectivity index (χ2v) is 11.0. The Kier molecular flexibility index (Phi) is 9.18. The van der Waals surface area contributed by atoms with Crippen molar-refractivity contribution < 1.29 is 29.0 Å². The first-order chi connectivity index (χ1) is 20.0. The van der Waals surface area contributed by atoms with Crippen molar-refractivity contribution in [1.29, 1.82) is 0 Å². The van der Waals surface area contributed by atoms with E-state index in [1.165, 1.54) is 19.3 Å². The van der Waals surface area contributed by atoms with Crippen LogP contribution in [0.15, 0.2) is 48.5 Å². The van der Waals surface area contributed by atoms with E-state index in [4.69, 9.17) is 14.6 Å². The van der Waals surface area contributed by atoms with Crippen molar-refractivity contribution in [3.05, 3.63) is 59.7 Å². The molecule has 2 aromatic carbocycles. The van der Waals surface area contributed by atoms with E-state index in [-0.39, 0.29) is 36.8 Å². The van der Waals surface area contributed by atoms with Gasteiger partial charge in [-0.05, 0) is 80.6 Å². The summed E-state index contributed by atoms with van der Waals surface area (Å²) in [7, 11) is 0. The SMILES string of the molecule is O=C(c1ccc(C(=O)N2CCN(c3ccc(OC4CCN(C5CCC5)CC4)cc3)C(=O)C2)cc1)N1CCC1.O=CO. The fourth-order valence-corrected chi connectivity index (χ4v) is 5.77. The molecule has 10 heteroatoms. The third-order valence-corrected chi connectivity index (χ3v) is 8.55. The Labute approximate surface area is 240 Å². The van der Waals surface area contributed by atoms with Crippen molar-refractivity contribution in [3.8, 4) is 5.75 Å². The predicted octanol–water partition coefficient (Wildman–Crippen LogP) is 3.12. The lowest BCUT2D eigenvalue weighted by Crippen LogP contribution is -2.52. The van der Waals surface area contributed by atoms with Gasteiger partial charge in [-0.1, -0.05) is 6.42 Å². The van der Waals surface area contributed by atoms with Crippen molar-refractivity contribution in [1.82, 2.24) is 14.7 Å². The highest BCUT2D eigenvalue weighted by molar-refractivity contribution is 6.02. The maximum Gasteiger partial charge on any atom is 0.290 e. The number of rotatable bonds is 6. The Morgan fingerprint density at radius 3 is 1.83 bits per heavy atom. The molecule has 3 amide bonds. The van der Waals surface area contributed by atoms with E-state index in [2.05, 4.69) is 4.90 Å². The second-order valence-electron chi connectivity index (χ2n) is 11.0. The van der Waals surface area contributed by atoms with Crippen LogP contribution in [0.3, 0.4) is 0 Å². The fourth-order valence-electron chi connectivity index (χ4n) is 5.77. The van der Waals surface area contributed by atoms with E-state index in [1.54, 1.807) is 39.0 Å². The number of hydrogen-bond acceptors (Lipinski definition) is 6. The molecule has 3 saturated heterocycles. The standard InChI is InChI=1S/C30H36N4O4.CH2O2/c35-28-21-33(30(37)23-7-5-22(6-8-23)29(36)32-15-2-16-32)19-20-34(28)25-9-11-26(12-10-25)38-27-13-17-31(18-14-27)24-3-1-4-24;2-1-3/h5-12,24,27H,1-4,13-21H2;1H,(H,2,3). The van der Waals surface area contributed by atoms with Gasteiger partial charge < -0.3 is 29.4 Å². The molecule has 0 radical (unpaired) electrons. The van der Waals surface area contributed by atoms with Gasteiger partial charge in [0.25, 0.3) is 18.3 Å². The molecule has 1 saturated carbocycles. The monoisotopic (exact) mass is 562 g/mol. The van der Waals surface area contributed by atoms with E-state index in [0.29, 0.717) is 24.2 Å². The summed E-state index contributed by atoms with van der Waals surface area (Å²) in [6.07, 6.45) is 7.48. The lowest BCUT2D eigenvalue weighted by Gasteiger charge is -2.41. The van der Waals surface area contributed by atoms with Crippen molar-refractivity contribution >= 4 is 29.9 Å². The Hall–Kier alpha value is -3.92. The van der Waals surface area contributed by atoms with Gasteiger partial charge in [0.2, 0.25) is 5.91 Å². The minimum absolute atomic E-state index is 0.00444. The van der Waals surface area contributed by atoms with Crippen molar-refractivity contribution in [3.63, 3.8) is 0 Å². The molecule has 4 aliphatic rings. The largest absolute Gasteiger partial charge is 0.490 e. The maximum absolute atomic E-state index is 13.0. The highest BCUT2D eigenvalue weighted by Crippen LogP contribution is 2.29. The summed E-state index contributed by atoms with van der Waals surface area (Å²) in [6.45, 7) is 4.50. The first-order valence-corrected chi connectivity index (χ1v) is 14.5. The van der Waals surface area contributed by atoms with Gasteiger partial charge >= 0.3 is 0 Å². The average molecular weight is 563 g/mol. The third kappa shape index (κ3) is 6.70. The zero-order valence-electron chi connectivity index (χ0n) is 23.3. The fraction of sp³-hybridized carbons (Fsp3) is 0.484. The molecule has 0 unspecified atom stereocenters. The van der Waals surface area contributed by atoms with Crippen LogP contribution in [0.4, 0.5) is 5.69 Å². The molecule has 0 spiro atoms. The summed E-state index contributed by atoms with van der Waals surface area (Å²) in [6, 6.07) is 15.3. The number of benzene rings is 2. The number of likely N-dealkylation sites (tertiary alicyclic amines) is 2. The normalized spacial score (nSPS) is 19.9. The topological polar surface area (TPSA) is 111 Å². The third-order valence-electron chi connectivity index (χ3n) is 8.55. The molecule has 3 aliphatic heterocycles. The molecule has 3 heterocycles. The summed E-state index contributed by atoms with van der Waals surface area (Å²) in [5.74, 6) is 0.553. The van der Waals surface area contributed by atoms with E-state index in [1.807, 2.05) is 24.3 Å². The molecule has 1 N–H and O–H groups in total. The smallest absolute Gasteiger partial charge is 0.290 e. The number of hydrogen-bond donors (Lipinski definition) is 1. The van der Waals surface area contributed by atoms with Gasteiger partial charge in [-0.25, -0.2) is 0 Å². The molecule has 10 nitrogen and oxygen atoms in total. The van der Waals surface area contributed by atoms with Gasteiger partial charge in [-0.2, -0.15) is 0 Å². The predicted molar refractivity (Wildman–Crippen MR) is 153 cm³/mol. The zero-order valence-corrected chi connectivity index (χ0v) is 23.3. The number of carboxylic acid groups (broad SMARTS) is 1. The van der Waals surface area contributed by atoms with Gasteiger partial charge in [0.15, 0.2) is 0 Å². The number of nitrogens with zero attached hydrogens (tertiary/aromatic N) is 4. The quantitative estimate of drug-likeness (QED) is 0.539. The molecule has 0 bridgehead atoms. The number of piperazine rings is 1. The minimum atomic E-state index is -0.250. The lowest BCUT2D eigenvalue weighted by atomic mass is 9.90. The molecule has 0 aromatic heterocycles. The Bertz CT molecular complexity index is 1220. The van der Waals surface area contributed by atoms with Crippen LogP contribution in [0.2, 0.25) is 0 Å². The number of carbonyl (C=O) groups excluding carboxylic acids is 3. The number of amides is 3. The minimum Gasteiger partial charge on any atom is -0.490 e. The summed E-state index contributed by atoms with van der Waals surface area (Å²) in [5.41, 5.74) is 1.91. The molecule has 6 rings (SSSR count). The molecule has 218 valence electrons. The average Bonchev–Trinajstić information content (AvgIpc) is 2.93. The number of ether oxygens (including phenoxy) is 1. The number of carbonyl (C=O) groups is 4. The zero-order chi connectivity index (χ0) is 28.8. The summed E-state index contributed by atoms with van der Waals surface area (Å²) >= 11 is 0. The van der Waals surface area contributed by atoms with E-state index >= 15 is 0 Å². The number of piperidine rings is 1. The van der Waals surface area contributed by atoms with E-state index < -0.39 is 0 Å². The van der Waals surface area contributed by atoms with Gasteiger partial charge in [-0.15, -0.1) is 0 Å². The number of anilines is 1. The van der Waals surface area contributed by atoms with Crippen molar-refractivity contribution in [2.24, 2.45) is 0 Å². The van der Waals surface area contributed by atoms with Crippen molar-refractivity contribution in [2.45, 2.75) is 50.7 Å². The molecule has 2 aromatic rings. The first kappa shape index (κ1) is 28.6. The lowest BCUT2D eigenvalue weighted by molar-refractivity contribution is -0.123. The molecule has 0 atom stereocenters. The van der Waals surface area contributed by atoms with Gasteiger partial charge in [0.05, 0.1) is 0 Å². The van der Waals surface area contributed by atoms with Crippen LogP contribution >= 0.6 is 0 Å². The van der Waals surface area contributed by atoms with Crippen LogP contribution in [0.1, 0.15) is 59.2 Å².